The fourth-order valence-electron chi connectivity index (χ4n) is 1.37. The van der Waals surface area contributed by atoms with Crippen molar-refractivity contribution in [2.45, 2.75) is 6.42 Å². The van der Waals surface area contributed by atoms with Gasteiger partial charge < -0.3 is 7.43 Å². The summed E-state index contributed by atoms with van der Waals surface area (Å²) in [6.45, 7) is 0. The molecule has 3 aromatic carbocycles. The van der Waals surface area contributed by atoms with Gasteiger partial charge in [0.1, 0.15) is 0 Å². The quantitative estimate of drug-likeness (QED) is 0.330. The van der Waals surface area contributed by atoms with Gasteiger partial charge >= 0.3 is 0 Å². The molecule has 0 radical (unpaired) electrons. The summed E-state index contributed by atoms with van der Waals surface area (Å²) in [5.41, 5.74) is 0. The Bertz CT molecular complexity index is 436. The minimum Gasteiger partial charge on any atom is -0.358 e. The Balaban J connectivity index is 0. The van der Waals surface area contributed by atoms with Crippen LogP contribution in [0.4, 0.5) is 0 Å². The summed E-state index contributed by atoms with van der Waals surface area (Å²) in [4.78, 5) is 0. The normalized spacial score (nSPS) is 9.28. The summed E-state index contributed by atoms with van der Waals surface area (Å²) in [6, 6.07) is 37.5. The SMILES string of the molecule is [C-]1=CC=CC1.[CH3-].[Ti].[c-]1ccccc1.[c-]1ccccc1.[c-]1ccccc1. The summed E-state index contributed by atoms with van der Waals surface area (Å²) < 4.78 is 0. The molecule has 0 nitrogen and oxygen atoms in total. The largest absolute Gasteiger partial charge is 0.358 e. The maximum atomic E-state index is 2.99. The van der Waals surface area contributed by atoms with Gasteiger partial charge in [-0.25, -0.2) is 12.2 Å². The van der Waals surface area contributed by atoms with E-state index in [1.165, 1.54) is 0 Å². The van der Waals surface area contributed by atoms with Crippen molar-refractivity contribution in [3.63, 3.8) is 0 Å². The van der Waals surface area contributed by atoms with Crippen molar-refractivity contribution in [2.24, 2.45) is 0 Å². The summed E-state index contributed by atoms with van der Waals surface area (Å²) in [5, 5.41) is 0. The van der Waals surface area contributed by atoms with Gasteiger partial charge in [0.05, 0.1) is 0 Å². The van der Waals surface area contributed by atoms with E-state index < -0.39 is 0 Å². The van der Waals surface area contributed by atoms with Crippen LogP contribution in [0.2, 0.25) is 0 Å². The van der Waals surface area contributed by atoms with Crippen LogP contribution in [0.15, 0.2) is 109 Å². The molecule has 0 fully saturated rings. The molecule has 4 rings (SSSR count). The van der Waals surface area contributed by atoms with Gasteiger partial charge in [0.2, 0.25) is 0 Å². The first kappa shape index (κ1) is 25.1. The van der Waals surface area contributed by atoms with E-state index in [0.29, 0.717) is 0 Å². The van der Waals surface area contributed by atoms with Gasteiger partial charge in [-0.2, -0.15) is 115 Å². The Hall–Kier alpha value is -2.15. The number of hydrogen-bond donors (Lipinski definition) is 0. The van der Waals surface area contributed by atoms with E-state index in [1.807, 2.05) is 103 Å². The second-order valence-electron chi connectivity index (χ2n) is 4.24. The molecule has 1 aliphatic carbocycles. The second-order valence-corrected chi connectivity index (χ2v) is 4.24. The monoisotopic (exact) mass is 359 g/mol. The molecule has 0 aromatic heterocycles. The molecule has 0 spiro atoms. The molecule has 0 aliphatic heterocycles. The Morgan fingerprint density at radius 3 is 0.960 bits per heavy atom. The summed E-state index contributed by atoms with van der Waals surface area (Å²) in [6.07, 6.45) is 10.0. The number of rotatable bonds is 0. The molecule has 0 bridgehead atoms. The molecule has 0 saturated carbocycles. The third-order valence-corrected chi connectivity index (χ3v) is 2.41. The van der Waals surface area contributed by atoms with Gasteiger partial charge in [0.25, 0.3) is 0 Å². The fourth-order valence-corrected chi connectivity index (χ4v) is 1.37. The molecule has 0 N–H and O–H groups in total. The second kappa shape index (κ2) is 21.9. The molecule has 25 heavy (non-hydrogen) atoms. The Morgan fingerprint density at radius 1 is 0.520 bits per heavy atom. The molecule has 128 valence electrons. The third-order valence-electron chi connectivity index (χ3n) is 2.41. The van der Waals surface area contributed by atoms with Crippen molar-refractivity contribution in [3.8, 4) is 0 Å². The number of hydrogen-bond acceptors (Lipinski definition) is 0. The average molecular weight is 359 g/mol. The van der Waals surface area contributed by atoms with Crippen LogP contribution in [0.3, 0.4) is 0 Å². The molecular weight excluding hydrogens is 336 g/mol. The first-order valence-corrected chi connectivity index (χ1v) is 7.45. The molecule has 0 atom stereocenters. The van der Waals surface area contributed by atoms with Crippen LogP contribution in [0, 0.1) is 31.7 Å². The molecule has 0 saturated heterocycles. The van der Waals surface area contributed by atoms with Crippen molar-refractivity contribution >= 4 is 0 Å². The zero-order valence-corrected chi connectivity index (χ0v) is 16.2. The van der Waals surface area contributed by atoms with Crippen molar-refractivity contribution in [3.05, 3.63) is 141 Å². The standard InChI is InChI=1S/3C6H5.C5H5.CH3.Ti/c3*1-2-4-6-5-3-1;1-2-4-5-3-1;;/h3*1-5H;1-3H,4H2;1H3;/q5*-1;. The van der Waals surface area contributed by atoms with Crippen molar-refractivity contribution in [2.75, 3.05) is 0 Å². The predicted molar refractivity (Wildman–Crippen MR) is 104 cm³/mol. The summed E-state index contributed by atoms with van der Waals surface area (Å²) in [5.74, 6) is 0. The smallest absolute Gasteiger partial charge is 0 e. The molecular formula is C24H23Ti-5. The van der Waals surface area contributed by atoms with Crippen LogP contribution in [0.25, 0.3) is 0 Å². The third kappa shape index (κ3) is 19.8. The molecule has 1 aliphatic rings. The average Bonchev–Trinajstić information content (AvgIpc) is 3.27. The van der Waals surface area contributed by atoms with Gasteiger partial charge in [0, 0.05) is 21.7 Å². The van der Waals surface area contributed by atoms with Gasteiger partial charge in [-0.3, -0.25) is 6.08 Å². The van der Waals surface area contributed by atoms with Crippen molar-refractivity contribution in [1.29, 1.82) is 0 Å². The maximum Gasteiger partial charge on any atom is 0 e. The molecule has 0 unspecified atom stereocenters. The van der Waals surface area contributed by atoms with Gasteiger partial charge in [0.15, 0.2) is 0 Å². The maximum absolute atomic E-state index is 2.99. The zero-order valence-electron chi connectivity index (χ0n) is 14.6. The minimum atomic E-state index is 0. The fraction of sp³-hybridized carbons (Fsp3) is 0.0417. The van der Waals surface area contributed by atoms with Crippen molar-refractivity contribution in [1.82, 2.24) is 0 Å². The van der Waals surface area contributed by atoms with Crippen LogP contribution in [0.1, 0.15) is 6.42 Å². The topological polar surface area (TPSA) is 0 Å². The Morgan fingerprint density at radius 2 is 0.880 bits per heavy atom. The molecule has 3 aromatic rings. The van der Waals surface area contributed by atoms with E-state index in [9.17, 15) is 0 Å². The van der Waals surface area contributed by atoms with E-state index >= 15 is 0 Å². The first-order chi connectivity index (χ1) is 11.5. The molecule has 0 amide bonds. The Labute approximate surface area is 168 Å². The van der Waals surface area contributed by atoms with Crippen molar-refractivity contribution < 1.29 is 21.7 Å². The van der Waals surface area contributed by atoms with Gasteiger partial charge in [-0.05, 0) is 0 Å². The predicted octanol–water partition coefficient (Wildman–Crippen LogP) is 6.21. The van der Waals surface area contributed by atoms with E-state index in [-0.39, 0.29) is 29.1 Å². The van der Waals surface area contributed by atoms with Crippen LogP contribution < -0.4 is 0 Å². The van der Waals surface area contributed by atoms with Crippen LogP contribution in [0.5, 0.6) is 0 Å². The molecule has 0 heterocycles. The summed E-state index contributed by atoms with van der Waals surface area (Å²) in [7, 11) is 0. The van der Waals surface area contributed by atoms with E-state index in [2.05, 4.69) is 30.4 Å². The van der Waals surface area contributed by atoms with Crippen LogP contribution in [-0.2, 0) is 21.7 Å². The number of benzene rings is 3. The van der Waals surface area contributed by atoms with Crippen LogP contribution in [-0.4, -0.2) is 0 Å². The zero-order chi connectivity index (χ0) is 16.3. The molecule has 1 heteroatoms. The number of allylic oxidation sites excluding steroid dienone is 4. The van der Waals surface area contributed by atoms with E-state index in [4.69, 9.17) is 0 Å². The van der Waals surface area contributed by atoms with E-state index in [0.717, 1.165) is 6.42 Å². The first-order valence-electron chi connectivity index (χ1n) is 7.45. The van der Waals surface area contributed by atoms with Gasteiger partial charge in [-0.15, -0.1) is 6.42 Å². The van der Waals surface area contributed by atoms with E-state index in [1.54, 1.807) is 0 Å². The summed E-state index contributed by atoms with van der Waals surface area (Å²) >= 11 is 0. The van der Waals surface area contributed by atoms with Gasteiger partial charge in [-0.1, -0.05) is 0 Å². The van der Waals surface area contributed by atoms with Crippen LogP contribution >= 0.6 is 0 Å². The Kier molecular flexibility index (Phi) is 21.9. The minimum absolute atomic E-state index is 0.